The lowest BCUT2D eigenvalue weighted by molar-refractivity contribution is -0.0517. The normalized spacial score (nSPS) is 50.3. The first-order valence-corrected chi connectivity index (χ1v) is 9.11. The largest absolute Gasteiger partial charge is 0.465 e. The van der Waals surface area contributed by atoms with Gasteiger partial charge in [-0.15, -0.1) is 0 Å². The van der Waals surface area contributed by atoms with E-state index in [9.17, 15) is 10.2 Å². The van der Waals surface area contributed by atoms with Crippen LogP contribution in [-0.4, -0.2) is 22.4 Å². The lowest BCUT2D eigenvalue weighted by Gasteiger charge is -2.58. The minimum absolute atomic E-state index is 0.0754. The van der Waals surface area contributed by atoms with Crippen LogP contribution in [0, 0.1) is 22.7 Å². The summed E-state index contributed by atoms with van der Waals surface area (Å²) < 4.78 is 5.64. The Morgan fingerprint density at radius 3 is 3.00 bits per heavy atom. The first-order chi connectivity index (χ1) is 11.0. The van der Waals surface area contributed by atoms with Crippen molar-refractivity contribution in [3.8, 4) is 0 Å². The highest BCUT2D eigenvalue weighted by Gasteiger charge is 2.65. The zero-order chi connectivity index (χ0) is 15.9. The maximum Gasteiger partial charge on any atom is 0.129 e. The maximum absolute atomic E-state index is 10.9. The van der Waals surface area contributed by atoms with Crippen LogP contribution in [0.25, 0.3) is 6.08 Å². The standard InChI is InChI=1S/C20H26O3/c1-18-7-5-16-14(6-9-23-16)15(18)4-8-19-10-13(2-3-17(18)19)20(22,11-19)12-21/h5-7,9,13,15,17,21-22H,2-4,8,10-12H2,1H3/t13?,15?,17?,18-,19+,20?/m1/s1. The minimum Gasteiger partial charge on any atom is -0.465 e. The average Bonchev–Trinajstić information content (AvgIpc) is 3.09. The SMILES string of the molecule is C[C@@]12C=Cc3occc3C1CC[C@@]13CC(CCC12)C(O)(CO)C3. The van der Waals surface area contributed by atoms with Crippen molar-refractivity contribution in [1.29, 1.82) is 0 Å². The summed E-state index contributed by atoms with van der Waals surface area (Å²) in [6, 6.07) is 2.16. The molecule has 0 amide bonds. The van der Waals surface area contributed by atoms with Crippen molar-refractivity contribution in [3.63, 3.8) is 0 Å². The van der Waals surface area contributed by atoms with Crippen molar-refractivity contribution in [2.24, 2.45) is 22.7 Å². The molecular weight excluding hydrogens is 288 g/mol. The molecule has 1 heterocycles. The molecule has 1 spiro atoms. The molecule has 4 aliphatic carbocycles. The molecule has 2 bridgehead atoms. The number of aliphatic hydroxyl groups excluding tert-OH is 1. The number of hydrogen-bond acceptors (Lipinski definition) is 3. The van der Waals surface area contributed by atoms with Gasteiger partial charge in [0.05, 0.1) is 18.5 Å². The van der Waals surface area contributed by atoms with E-state index in [0.29, 0.717) is 17.8 Å². The molecule has 6 atom stereocenters. The number of aliphatic hydroxyl groups is 2. The first kappa shape index (κ1) is 14.3. The van der Waals surface area contributed by atoms with Gasteiger partial charge in [-0.2, -0.15) is 0 Å². The van der Waals surface area contributed by atoms with E-state index in [-0.39, 0.29) is 17.4 Å². The Morgan fingerprint density at radius 1 is 1.30 bits per heavy atom. The molecule has 0 aliphatic heterocycles. The third-order valence-corrected chi connectivity index (χ3v) is 8.02. The molecule has 4 aliphatic rings. The number of fused-ring (bicyclic) bond motifs is 5. The Balaban J connectivity index is 1.58. The van der Waals surface area contributed by atoms with Gasteiger partial charge in [0.1, 0.15) is 5.76 Å². The van der Waals surface area contributed by atoms with Crippen LogP contribution in [0.15, 0.2) is 22.8 Å². The second-order valence-electron chi connectivity index (χ2n) is 8.86. The molecule has 3 nitrogen and oxygen atoms in total. The highest BCUT2D eigenvalue weighted by molar-refractivity contribution is 5.55. The maximum atomic E-state index is 10.9. The number of rotatable bonds is 1. The van der Waals surface area contributed by atoms with Gasteiger partial charge >= 0.3 is 0 Å². The number of hydrogen-bond donors (Lipinski definition) is 2. The second kappa shape index (κ2) is 4.31. The molecule has 23 heavy (non-hydrogen) atoms. The molecule has 124 valence electrons. The van der Waals surface area contributed by atoms with Crippen molar-refractivity contribution in [3.05, 3.63) is 29.7 Å². The van der Waals surface area contributed by atoms with E-state index in [1.54, 1.807) is 0 Å². The molecule has 0 aromatic carbocycles. The lowest BCUT2D eigenvalue weighted by atomic mass is 9.46. The first-order valence-electron chi connectivity index (χ1n) is 9.11. The quantitative estimate of drug-likeness (QED) is 0.830. The van der Waals surface area contributed by atoms with Crippen molar-refractivity contribution < 1.29 is 14.6 Å². The van der Waals surface area contributed by atoms with Crippen molar-refractivity contribution in [2.45, 2.75) is 57.0 Å². The van der Waals surface area contributed by atoms with Crippen molar-refractivity contribution >= 4 is 6.08 Å². The molecule has 1 aromatic heterocycles. The van der Waals surface area contributed by atoms with Gasteiger partial charge in [-0.25, -0.2) is 0 Å². The Kier molecular flexibility index (Phi) is 2.68. The minimum atomic E-state index is -0.836. The number of allylic oxidation sites excluding steroid dienone is 1. The molecule has 3 fully saturated rings. The van der Waals surface area contributed by atoms with Gasteiger partial charge in [0.25, 0.3) is 0 Å². The van der Waals surface area contributed by atoms with Crippen LogP contribution in [0.5, 0.6) is 0 Å². The van der Waals surface area contributed by atoms with Gasteiger partial charge in [-0.05, 0) is 79.3 Å². The fraction of sp³-hybridized carbons (Fsp3) is 0.700. The molecule has 4 unspecified atom stereocenters. The fourth-order valence-electron chi connectivity index (χ4n) is 7.06. The Hall–Kier alpha value is -1.06. The van der Waals surface area contributed by atoms with E-state index >= 15 is 0 Å². The lowest BCUT2D eigenvalue weighted by Crippen LogP contribution is -2.49. The zero-order valence-electron chi connectivity index (χ0n) is 13.8. The molecule has 3 heteroatoms. The van der Waals surface area contributed by atoms with Crippen LogP contribution < -0.4 is 0 Å². The monoisotopic (exact) mass is 314 g/mol. The summed E-state index contributed by atoms with van der Waals surface area (Å²) >= 11 is 0. The molecule has 5 rings (SSSR count). The molecule has 3 saturated carbocycles. The Morgan fingerprint density at radius 2 is 2.17 bits per heavy atom. The van der Waals surface area contributed by atoms with Crippen LogP contribution in [0.4, 0.5) is 0 Å². The summed E-state index contributed by atoms with van der Waals surface area (Å²) in [4.78, 5) is 0. The second-order valence-corrected chi connectivity index (χ2v) is 8.86. The van der Waals surface area contributed by atoms with Crippen LogP contribution in [-0.2, 0) is 0 Å². The molecule has 0 saturated heterocycles. The van der Waals surface area contributed by atoms with Gasteiger partial charge in [-0.3, -0.25) is 0 Å². The summed E-state index contributed by atoms with van der Waals surface area (Å²) in [7, 11) is 0. The number of furan rings is 1. The summed E-state index contributed by atoms with van der Waals surface area (Å²) in [5, 5.41) is 20.7. The average molecular weight is 314 g/mol. The van der Waals surface area contributed by atoms with Crippen LogP contribution in [0.2, 0.25) is 0 Å². The molecule has 2 N–H and O–H groups in total. The van der Waals surface area contributed by atoms with E-state index in [1.165, 1.54) is 18.4 Å². The van der Waals surface area contributed by atoms with Gasteiger partial charge in [0, 0.05) is 5.56 Å². The van der Waals surface area contributed by atoms with Crippen molar-refractivity contribution in [1.82, 2.24) is 0 Å². The molecular formula is C20H26O3. The van der Waals surface area contributed by atoms with E-state index in [4.69, 9.17) is 4.42 Å². The van der Waals surface area contributed by atoms with E-state index in [0.717, 1.165) is 31.4 Å². The summed E-state index contributed by atoms with van der Waals surface area (Å²) in [6.07, 6.45) is 12.9. The molecule has 0 radical (unpaired) electrons. The Labute approximate surface area is 137 Å². The molecule has 1 aromatic rings. The predicted molar refractivity (Wildman–Crippen MR) is 87.7 cm³/mol. The van der Waals surface area contributed by atoms with Crippen molar-refractivity contribution in [2.75, 3.05) is 6.61 Å². The third-order valence-electron chi connectivity index (χ3n) is 8.02. The third kappa shape index (κ3) is 1.63. The van der Waals surface area contributed by atoms with E-state index < -0.39 is 5.60 Å². The summed E-state index contributed by atoms with van der Waals surface area (Å²) in [6.45, 7) is 2.35. The highest BCUT2D eigenvalue weighted by atomic mass is 16.3. The van der Waals surface area contributed by atoms with Crippen LogP contribution in [0.1, 0.15) is 62.7 Å². The zero-order valence-corrected chi connectivity index (χ0v) is 13.8. The van der Waals surface area contributed by atoms with Gasteiger partial charge in [0.15, 0.2) is 0 Å². The van der Waals surface area contributed by atoms with Gasteiger partial charge in [0.2, 0.25) is 0 Å². The van der Waals surface area contributed by atoms with Gasteiger partial charge < -0.3 is 14.6 Å². The smallest absolute Gasteiger partial charge is 0.129 e. The highest BCUT2D eigenvalue weighted by Crippen LogP contribution is 2.71. The predicted octanol–water partition coefficient (Wildman–Crippen LogP) is 3.72. The fourth-order valence-corrected chi connectivity index (χ4v) is 7.06. The van der Waals surface area contributed by atoms with Gasteiger partial charge in [-0.1, -0.05) is 13.0 Å². The topological polar surface area (TPSA) is 53.6 Å². The summed E-state index contributed by atoms with van der Waals surface area (Å²) in [5.74, 6) is 2.47. The van der Waals surface area contributed by atoms with Crippen LogP contribution >= 0.6 is 0 Å². The van der Waals surface area contributed by atoms with Crippen LogP contribution in [0.3, 0.4) is 0 Å². The Bertz CT molecular complexity index is 676. The summed E-state index contributed by atoms with van der Waals surface area (Å²) in [5.41, 5.74) is 0.914. The van der Waals surface area contributed by atoms with E-state index in [1.807, 2.05) is 6.26 Å². The van der Waals surface area contributed by atoms with E-state index in [2.05, 4.69) is 25.1 Å².